The lowest BCUT2D eigenvalue weighted by Crippen LogP contribution is -2.46. The number of nitrogens with zero attached hydrogens (tertiary/aromatic N) is 1. The molecule has 0 heterocycles. The molecule has 3 heteroatoms. The standard InChI is InChI=1S/C13H24N2O/c1-12(2,10-14)6-3-4-9-15-11-13(16)7-5-8-13/h15-16H,3-9,11H2,1-2H3. The summed E-state index contributed by atoms with van der Waals surface area (Å²) in [7, 11) is 0. The first kappa shape index (κ1) is 13.5. The van der Waals surface area contributed by atoms with E-state index in [0.717, 1.165) is 51.6 Å². The average Bonchev–Trinajstić information content (AvgIpc) is 2.20. The van der Waals surface area contributed by atoms with E-state index in [1.807, 2.05) is 13.8 Å². The molecule has 1 aliphatic carbocycles. The van der Waals surface area contributed by atoms with E-state index in [0.29, 0.717) is 0 Å². The van der Waals surface area contributed by atoms with Gasteiger partial charge in [-0.05, 0) is 52.5 Å². The molecular formula is C13H24N2O. The minimum Gasteiger partial charge on any atom is -0.389 e. The van der Waals surface area contributed by atoms with Gasteiger partial charge in [0, 0.05) is 6.54 Å². The molecule has 2 N–H and O–H groups in total. The van der Waals surface area contributed by atoms with E-state index in [4.69, 9.17) is 5.26 Å². The van der Waals surface area contributed by atoms with Crippen molar-refractivity contribution in [2.24, 2.45) is 5.41 Å². The number of hydrogen-bond acceptors (Lipinski definition) is 3. The fourth-order valence-corrected chi connectivity index (χ4v) is 1.96. The van der Waals surface area contributed by atoms with Crippen LogP contribution in [-0.4, -0.2) is 23.8 Å². The monoisotopic (exact) mass is 224 g/mol. The van der Waals surface area contributed by atoms with Crippen molar-refractivity contribution in [3.63, 3.8) is 0 Å². The molecule has 1 fully saturated rings. The van der Waals surface area contributed by atoms with Gasteiger partial charge in [-0.2, -0.15) is 5.26 Å². The zero-order valence-corrected chi connectivity index (χ0v) is 10.6. The van der Waals surface area contributed by atoms with Crippen LogP contribution in [0.2, 0.25) is 0 Å². The molecule has 0 atom stereocenters. The highest BCUT2D eigenvalue weighted by Crippen LogP contribution is 2.30. The Balaban J connectivity index is 1.94. The second-order valence-electron chi connectivity index (χ2n) is 5.71. The van der Waals surface area contributed by atoms with Crippen molar-refractivity contribution >= 4 is 0 Å². The van der Waals surface area contributed by atoms with E-state index in [1.165, 1.54) is 0 Å². The van der Waals surface area contributed by atoms with Crippen LogP contribution in [0.1, 0.15) is 52.4 Å². The summed E-state index contributed by atoms with van der Waals surface area (Å²) in [5.74, 6) is 0. The van der Waals surface area contributed by atoms with Crippen molar-refractivity contribution in [2.45, 2.75) is 58.0 Å². The van der Waals surface area contributed by atoms with Crippen LogP contribution in [0.25, 0.3) is 0 Å². The Morgan fingerprint density at radius 2 is 2.06 bits per heavy atom. The Labute approximate surface area is 98.8 Å². The molecule has 1 saturated carbocycles. The maximum absolute atomic E-state index is 9.83. The molecule has 0 bridgehead atoms. The lowest BCUT2D eigenvalue weighted by molar-refractivity contribution is -0.0311. The molecule has 92 valence electrons. The molecule has 0 aromatic carbocycles. The van der Waals surface area contributed by atoms with Crippen LogP contribution in [0.4, 0.5) is 0 Å². The molecule has 1 aliphatic rings. The number of hydrogen-bond donors (Lipinski definition) is 2. The minimum atomic E-state index is -0.411. The smallest absolute Gasteiger partial charge is 0.0771 e. The van der Waals surface area contributed by atoms with E-state index in [9.17, 15) is 5.11 Å². The SMILES string of the molecule is CC(C)(C#N)CCCCNCC1(O)CCC1. The van der Waals surface area contributed by atoms with Crippen molar-refractivity contribution in [2.75, 3.05) is 13.1 Å². The minimum absolute atomic E-state index is 0.188. The third-order valence-electron chi connectivity index (χ3n) is 3.45. The summed E-state index contributed by atoms with van der Waals surface area (Å²) >= 11 is 0. The topological polar surface area (TPSA) is 56.0 Å². The molecule has 0 aromatic rings. The number of nitrogens with one attached hydrogen (secondary N) is 1. The fraction of sp³-hybridized carbons (Fsp3) is 0.923. The number of rotatable bonds is 7. The Morgan fingerprint density at radius 1 is 1.38 bits per heavy atom. The quantitative estimate of drug-likeness (QED) is 0.652. The van der Waals surface area contributed by atoms with Crippen molar-refractivity contribution in [3.8, 4) is 6.07 Å². The van der Waals surface area contributed by atoms with Crippen LogP contribution in [0.3, 0.4) is 0 Å². The Bertz CT molecular complexity index is 251. The van der Waals surface area contributed by atoms with Crippen molar-refractivity contribution in [3.05, 3.63) is 0 Å². The van der Waals surface area contributed by atoms with E-state index in [-0.39, 0.29) is 5.41 Å². The van der Waals surface area contributed by atoms with Gasteiger partial charge in [0.1, 0.15) is 0 Å². The van der Waals surface area contributed by atoms with Crippen LogP contribution >= 0.6 is 0 Å². The first-order valence-electron chi connectivity index (χ1n) is 6.32. The first-order chi connectivity index (χ1) is 7.47. The molecular weight excluding hydrogens is 200 g/mol. The Hall–Kier alpha value is -0.590. The normalized spacial score (nSPS) is 18.9. The molecule has 1 rings (SSSR count). The average molecular weight is 224 g/mol. The summed E-state index contributed by atoms with van der Waals surface area (Å²) in [5, 5.41) is 22.0. The zero-order chi connectivity index (χ0) is 12.1. The molecule has 0 saturated heterocycles. The molecule has 0 radical (unpaired) electrons. The highest BCUT2D eigenvalue weighted by molar-refractivity contribution is 4.91. The molecule has 0 spiro atoms. The Kier molecular flexibility index (Phi) is 4.76. The largest absolute Gasteiger partial charge is 0.389 e. The zero-order valence-electron chi connectivity index (χ0n) is 10.6. The van der Waals surface area contributed by atoms with Gasteiger partial charge in [0.25, 0.3) is 0 Å². The first-order valence-corrected chi connectivity index (χ1v) is 6.32. The van der Waals surface area contributed by atoms with Crippen LogP contribution in [0.5, 0.6) is 0 Å². The second kappa shape index (κ2) is 5.65. The van der Waals surface area contributed by atoms with E-state index in [2.05, 4.69) is 11.4 Å². The lowest BCUT2D eigenvalue weighted by atomic mass is 9.80. The summed E-state index contributed by atoms with van der Waals surface area (Å²) in [5.41, 5.74) is -0.599. The van der Waals surface area contributed by atoms with Crippen LogP contribution in [0.15, 0.2) is 0 Å². The summed E-state index contributed by atoms with van der Waals surface area (Å²) < 4.78 is 0. The molecule has 0 aliphatic heterocycles. The van der Waals surface area contributed by atoms with Crippen LogP contribution in [0, 0.1) is 16.7 Å². The van der Waals surface area contributed by atoms with Crippen molar-refractivity contribution in [1.29, 1.82) is 5.26 Å². The predicted octanol–water partition coefficient (Wildman–Crippen LogP) is 2.21. The van der Waals surface area contributed by atoms with E-state index in [1.54, 1.807) is 0 Å². The number of unbranched alkanes of at least 4 members (excludes halogenated alkanes) is 1. The van der Waals surface area contributed by atoms with Crippen molar-refractivity contribution in [1.82, 2.24) is 5.32 Å². The van der Waals surface area contributed by atoms with Crippen LogP contribution in [-0.2, 0) is 0 Å². The summed E-state index contributed by atoms with van der Waals surface area (Å²) in [6, 6.07) is 2.31. The van der Waals surface area contributed by atoms with Gasteiger partial charge >= 0.3 is 0 Å². The van der Waals surface area contributed by atoms with Gasteiger partial charge in [-0.3, -0.25) is 0 Å². The summed E-state index contributed by atoms with van der Waals surface area (Å²) in [6.45, 7) is 5.65. The molecule has 16 heavy (non-hydrogen) atoms. The third kappa shape index (κ3) is 4.51. The lowest BCUT2D eigenvalue weighted by Gasteiger charge is -2.36. The van der Waals surface area contributed by atoms with Gasteiger partial charge in [-0.1, -0.05) is 6.42 Å². The van der Waals surface area contributed by atoms with E-state index < -0.39 is 5.60 Å². The maximum Gasteiger partial charge on any atom is 0.0771 e. The Morgan fingerprint density at radius 3 is 2.56 bits per heavy atom. The number of nitriles is 1. The molecule has 3 nitrogen and oxygen atoms in total. The molecule has 0 unspecified atom stereocenters. The second-order valence-corrected chi connectivity index (χ2v) is 5.71. The van der Waals surface area contributed by atoms with E-state index >= 15 is 0 Å². The fourth-order valence-electron chi connectivity index (χ4n) is 1.96. The summed E-state index contributed by atoms with van der Waals surface area (Å²) in [4.78, 5) is 0. The van der Waals surface area contributed by atoms with Gasteiger partial charge in [0.15, 0.2) is 0 Å². The summed E-state index contributed by atoms with van der Waals surface area (Å²) in [6.07, 6.45) is 6.17. The van der Waals surface area contributed by atoms with Gasteiger partial charge < -0.3 is 10.4 Å². The van der Waals surface area contributed by atoms with Gasteiger partial charge in [0.05, 0.1) is 17.1 Å². The predicted molar refractivity (Wildman–Crippen MR) is 64.9 cm³/mol. The van der Waals surface area contributed by atoms with Gasteiger partial charge in [-0.15, -0.1) is 0 Å². The van der Waals surface area contributed by atoms with Gasteiger partial charge in [0.2, 0.25) is 0 Å². The maximum atomic E-state index is 9.83. The van der Waals surface area contributed by atoms with Crippen LogP contribution < -0.4 is 5.32 Å². The highest BCUT2D eigenvalue weighted by atomic mass is 16.3. The molecule has 0 aromatic heterocycles. The number of aliphatic hydroxyl groups is 1. The highest BCUT2D eigenvalue weighted by Gasteiger charge is 2.33. The van der Waals surface area contributed by atoms with Gasteiger partial charge in [-0.25, -0.2) is 0 Å². The van der Waals surface area contributed by atoms with Crippen molar-refractivity contribution < 1.29 is 5.11 Å². The molecule has 0 amide bonds. The third-order valence-corrected chi connectivity index (χ3v) is 3.45.